The number of carbonyl (C=O) groups is 3. The van der Waals surface area contributed by atoms with Crippen LogP contribution in [0, 0.1) is 0 Å². The van der Waals surface area contributed by atoms with Gasteiger partial charge in [-0.15, -0.1) is 0 Å². The van der Waals surface area contributed by atoms with Crippen molar-refractivity contribution in [2.45, 2.75) is 12.4 Å². The number of hydrogen-bond donors (Lipinski definition) is 2. The van der Waals surface area contributed by atoms with Crippen LogP contribution in [0.4, 0.5) is 32.0 Å². The highest BCUT2D eigenvalue weighted by atomic mass is 19.4. The molecular formula is C19H14F6N2O4. The van der Waals surface area contributed by atoms with Gasteiger partial charge in [-0.2, -0.15) is 26.3 Å². The van der Waals surface area contributed by atoms with Crippen molar-refractivity contribution < 1.29 is 45.5 Å². The second-order valence-corrected chi connectivity index (χ2v) is 6.05. The maximum Gasteiger partial charge on any atom is 0.416 e. The van der Waals surface area contributed by atoms with Gasteiger partial charge in [-0.1, -0.05) is 18.2 Å². The van der Waals surface area contributed by atoms with Crippen LogP contribution in [0.25, 0.3) is 0 Å². The van der Waals surface area contributed by atoms with E-state index >= 15 is 0 Å². The zero-order valence-corrected chi connectivity index (χ0v) is 15.4. The van der Waals surface area contributed by atoms with Gasteiger partial charge >= 0.3 is 18.3 Å². The quantitative estimate of drug-likeness (QED) is 0.522. The van der Waals surface area contributed by atoms with Crippen LogP contribution in [0.5, 0.6) is 0 Å². The first kappa shape index (κ1) is 23.7. The standard InChI is InChI=1S/C19H14F6N2O4/c20-18(21,22)12-6-13(19(23,24)25)8-14(7-12)27-15(28)10-31-16(29)9-26-17(30)11-4-2-1-3-5-11/h1-8H,9-10H2,(H,26,30)(H,27,28). The van der Waals surface area contributed by atoms with E-state index in [0.29, 0.717) is 12.1 Å². The van der Waals surface area contributed by atoms with Crippen LogP contribution in [0.3, 0.4) is 0 Å². The van der Waals surface area contributed by atoms with Gasteiger partial charge < -0.3 is 15.4 Å². The van der Waals surface area contributed by atoms with Gasteiger partial charge in [0.2, 0.25) is 0 Å². The highest BCUT2D eigenvalue weighted by molar-refractivity contribution is 5.96. The van der Waals surface area contributed by atoms with Crippen molar-refractivity contribution >= 4 is 23.5 Å². The Morgan fingerprint density at radius 1 is 0.839 bits per heavy atom. The van der Waals surface area contributed by atoms with Gasteiger partial charge in [0.1, 0.15) is 6.54 Å². The second-order valence-electron chi connectivity index (χ2n) is 6.05. The Hall–Kier alpha value is -3.57. The summed E-state index contributed by atoms with van der Waals surface area (Å²) in [5, 5.41) is 4.03. The van der Waals surface area contributed by atoms with E-state index in [4.69, 9.17) is 0 Å². The van der Waals surface area contributed by atoms with E-state index in [0.717, 1.165) is 0 Å². The molecule has 0 radical (unpaired) electrons. The van der Waals surface area contributed by atoms with Crippen LogP contribution >= 0.6 is 0 Å². The Bertz CT molecular complexity index is 926. The van der Waals surface area contributed by atoms with E-state index in [9.17, 15) is 40.7 Å². The molecule has 0 bridgehead atoms. The first-order chi connectivity index (χ1) is 14.4. The van der Waals surface area contributed by atoms with Crippen LogP contribution < -0.4 is 10.6 Å². The molecule has 0 unspecified atom stereocenters. The fourth-order valence-electron chi connectivity index (χ4n) is 2.27. The second kappa shape index (κ2) is 9.49. The van der Waals surface area contributed by atoms with Crippen LogP contribution in [0.15, 0.2) is 48.5 Å². The van der Waals surface area contributed by atoms with Crippen molar-refractivity contribution in [3.05, 3.63) is 65.2 Å². The summed E-state index contributed by atoms with van der Waals surface area (Å²) in [6, 6.07) is 8.36. The van der Waals surface area contributed by atoms with Crippen LogP contribution in [0.1, 0.15) is 21.5 Å². The molecule has 0 saturated heterocycles. The average Bonchev–Trinajstić information content (AvgIpc) is 2.69. The summed E-state index contributed by atoms with van der Waals surface area (Å²) in [5.41, 5.74) is -3.74. The van der Waals surface area contributed by atoms with E-state index in [2.05, 4.69) is 10.1 Å². The van der Waals surface area contributed by atoms with Crippen LogP contribution in [-0.2, 0) is 26.7 Å². The first-order valence-electron chi connectivity index (χ1n) is 8.44. The number of alkyl halides is 6. The van der Waals surface area contributed by atoms with Crippen molar-refractivity contribution in [2.24, 2.45) is 0 Å². The highest BCUT2D eigenvalue weighted by Gasteiger charge is 2.37. The van der Waals surface area contributed by atoms with E-state index in [1.807, 2.05) is 5.32 Å². The third kappa shape index (κ3) is 7.32. The number of nitrogens with one attached hydrogen (secondary N) is 2. The Kier molecular flexibility index (Phi) is 7.26. The predicted molar refractivity (Wildman–Crippen MR) is 94.8 cm³/mol. The molecule has 0 aliphatic rings. The Morgan fingerprint density at radius 3 is 1.90 bits per heavy atom. The summed E-state index contributed by atoms with van der Waals surface area (Å²) < 4.78 is 81.4. The van der Waals surface area contributed by atoms with E-state index in [1.54, 1.807) is 18.2 Å². The molecule has 31 heavy (non-hydrogen) atoms. The van der Waals surface area contributed by atoms with Crippen LogP contribution in [-0.4, -0.2) is 30.9 Å². The highest BCUT2D eigenvalue weighted by Crippen LogP contribution is 2.37. The summed E-state index contributed by atoms with van der Waals surface area (Å²) in [6.07, 6.45) is -10.2. The summed E-state index contributed by atoms with van der Waals surface area (Å²) in [5.74, 6) is -2.81. The van der Waals surface area contributed by atoms with E-state index < -0.39 is 60.1 Å². The lowest BCUT2D eigenvalue weighted by molar-refractivity contribution is -0.146. The van der Waals surface area contributed by atoms with Gasteiger partial charge in [0.15, 0.2) is 6.61 Å². The smallest absolute Gasteiger partial charge is 0.416 e. The molecule has 166 valence electrons. The molecule has 0 spiro atoms. The number of anilines is 1. The summed E-state index contributed by atoms with van der Waals surface area (Å²) in [7, 11) is 0. The van der Waals surface area contributed by atoms with Crippen molar-refractivity contribution in [3.8, 4) is 0 Å². The largest absolute Gasteiger partial charge is 0.454 e. The molecule has 2 rings (SSSR count). The minimum atomic E-state index is -5.08. The normalized spacial score (nSPS) is 11.5. The number of esters is 1. The van der Waals surface area contributed by atoms with Gasteiger partial charge in [-0.3, -0.25) is 14.4 Å². The molecule has 0 atom stereocenters. The molecule has 12 heteroatoms. The lowest BCUT2D eigenvalue weighted by Crippen LogP contribution is -2.32. The minimum Gasteiger partial charge on any atom is -0.454 e. The SMILES string of the molecule is O=C(COC(=O)CNC(=O)c1ccccc1)Nc1cc(C(F)(F)F)cc(C(F)(F)F)c1. The summed E-state index contributed by atoms with van der Waals surface area (Å²) >= 11 is 0. The van der Waals surface area contributed by atoms with Gasteiger partial charge in [-0.25, -0.2) is 0 Å². The molecule has 2 aromatic carbocycles. The summed E-state index contributed by atoms with van der Waals surface area (Å²) in [4.78, 5) is 35.1. The zero-order valence-electron chi connectivity index (χ0n) is 15.4. The lowest BCUT2D eigenvalue weighted by Gasteiger charge is -2.14. The van der Waals surface area contributed by atoms with Crippen molar-refractivity contribution in [2.75, 3.05) is 18.5 Å². The number of carbonyl (C=O) groups excluding carboxylic acids is 3. The predicted octanol–water partition coefficient (Wildman–Crippen LogP) is 3.64. The molecule has 2 amide bonds. The first-order valence-corrected chi connectivity index (χ1v) is 8.44. The number of amides is 2. The topological polar surface area (TPSA) is 84.5 Å². The maximum absolute atomic E-state index is 12.8. The molecule has 0 aliphatic carbocycles. The van der Waals surface area contributed by atoms with Crippen molar-refractivity contribution in [3.63, 3.8) is 0 Å². The number of ether oxygens (including phenoxy) is 1. The van der Waals surface area contributed by atoms with Gasteiger partial charge in [0.25, 0.3) is 11.8 Å². The number of rotatable bonds is 6. The number of hydrogen-bond acceptors (Lipinski definition) is 4. The summed E-state index contributed by atoms with van der Waals surface area (Å²) in [6.45, 7) is -1.60. The third-order valence-electron chi connectivity index (χ3n) is 3.66. The molecule has 0 aliphatic heterocycles. The van der Waals surface area contributed by atoms with Gasteiger partial charge in [-0.05, 0) is 30.3 Å². The third-order valence-corrected chi connectivity index (χ3v) is 3.66. The fourth-order valence-corrected chi connectivity index (χ4v) is 2.27. The van der Waals surface area contributed by atoms with E-state index in [-0.39, 0.29) is 11.6 Å². The molecule has 0 saturated carbocycles. The van der Waals surface area contributed by atoms with Crippen molar-refractivity contribution in [1.82, 2.24) is 5.32 Å². The van der Waals surface area contributed by atoms with Gasteiger partial charge in [0, 0.05) is 11.3 Å². The fraction of sp³-hybridized carbons (Fsp3) is 0.211. The lowest BCUT2D eigenvalue weighted by atomic mass is 10.1. The number of halogens is 6. The molecule has 0 fully saturated rings. The monoisotopic (exact) mass is 448 g/mol. The van der Waals surface area contributed by atoms with Crippen LogP contribution in [0.2, 0.25) is 0 Å². The molecule has 0 aromatic heterocycles. The van der Waals surface area contributed by atoms with Gasteiger partial charge in [0.05, 0.1) is 11.1 Å². The Balaban J connectivity index is 1.93. The van der Waals surface area contributed by atoms with E-state index in [1.165, 1.54) is 12.1 Å². The molecular weight excluding hydrogens is 434 g/mol. The Morgan fingerprint density at radius 2 is 1.39 bits per heavy atom. The molecule has 2 N–H and O–H groups in total. The zero-order chi connectivity index (χ0) is 23.2. The maximum atomic E-state index is 12.8. The average molecular weight is 448 g/mol. The molecule has 6 nitrogen and oxygen atoms in total. The molecule has 2 aromatic rings. The van der Waals surface area contributed by atoms with Crippen molar-refractivity contribution in [1.29, 1.82) is 0 Å². The molecule has 0 heterocycles. The number of benzene rings is 2. The Labute approximate surface area is 171 Å². The minimum absolute atomic E-state index is 0.0922.